The quantitative estimate of drug-likeness (QED) is 0.789. The molecule has 0 atom stereocenters. The molecule has 1 N–H and O–H groups in total. The fourth-order valence-electron chi connectivity index (χ4n) is 1.93. The number of nitrogens with one attached hydrogen (secondary N) is 1. The Morgan fingerprint density at radius 2 is 2.26 bits per heavy atom. The standard InChI is InChI=1S/C13H13BrN4S/c1-2-9-5-6-19-11(9)7-15-13-16-12-4-3-10(14)8-18(12)17-13/h3-6,8H,2,7H2,1H3,(H,15,17). The molecule has 0 bridgehead atoms. The van der Waals surface area contributed by atoms with E-state index in [-0.39, 0.29) is 0 Å². The van der Waals surface area contributed by atoms with Gasteiger partial charge in [0.05, 0.1) is 6.54 Å². The van der Waals surface area contributed by atoms with Gasteiger partial charge < -0.3 is 5.32 Å². The predicted molar refractivity (Wildman–Crippen MR) is 81.7 cm³/mol. The monoisotopic (exact) mass is 336 g/mol. The summed E-state index contributed by atoms with van der Waals surface area (Å²) in [5.41, 5.74) is 2.23. The van der Waals surface area contributed by atoms with E-state index in [9.17, 15) is 0 Å². The molecule has 3 aromatic heterocycles. The smallest absolute Gasteiger partial charge is 0.243 e. The SMILES string of the molecule is CCc1ccsc1CNc1nc2ccc(Br)cn2n1. The number of halogens is 1. The van der Waals surface area contributed by atoms with Crippen molar-refractivity contribution in [3.05, 3.63) is 44.7 Å². The van der Waals surface area contributed by atoms with Crippen LogP contribution in [0.15, 0.2) is 34.2 Å². The summed E-state index contributed by atoms with van der Waals surface area (Å²) in [5, 5.41) is 9.81. The van der Waals surface area contributed by atoms with E-state index < -0.39 is 0 Å². The molecule has 3 heterocycles. The summed E-state index contributed by atoms with van der Waals surface area (Å²) in [5.74, 6) is 0.661. The van der Waals surface area contributed by atoms with Crippen molar-refractivity contribution in [1.29, 1.82) is 0 Å². The minimum atomic E-state index is 0.661. The van der Waals surface area contributed by atoms with Gasteiger partial charge in [0, 0.05) is 15.5 Å². The maximum absolute atomic E-state index is 4.43. The first-order valence-corrected chi connectivity index (χ1v) is 7.74. The van der Waals surface area contributed by atoms with Crippen LogP contribution >= 0.6 is 27.3 Å². The highest BCUT2D eigenvalue weighted by Crippen LogP contribution is 2.19. The second-order valence-corrected chi connectivity index (χ2v) is 6.08. The molecule has 0 fully saturated rings. The molecule has 0 aliphatic carbocycles. The third kappa shape index (κ3) is 2.64. The van der Waals surface area contributed by atoms with Gasteiger partial charge in [0.15, 0.2) is 5.65 Å². The summed E-state index contributed by atoms with van der Waals surface area (Å²) >= 11 is 5.19. The third-order valence-corrected chi connectivity index (χ3v) is 4.35. The second-order valence-electron chi connectivity index (χ2n) is 4.16. The molecule has 3 aromatic rings. The van der Waals surface area contributed by atoms with Crippen LogP contribution in [0.5, 0.6) is 0 Å². The van der Waals surface area contributed by atoms with Gasteiger partial charge >= 0.3 is 0 Å². The average molecular weight is 337 g/mol. The number of thiophene rings is 1. The van der Waals surface area contributed by atoms with E-state index in [0.29, 0.717) is 5.95 Å². The Morgan fingerprint density at radius 1 is 1.37 bits per heavy atom. The van der Waals surface area contributed by atoms with Gasteiger partial charge in [-0.2, -0.15) is 4.98 Å². The molecule has 98 valence electrons. The second kappa shape index (κ2) is 5.30. The van der Waals surface area contributed by atoms with Gasteiger partial charge in [0.2, 0.25) is 5.95 Å². The highest BCUT2D eigenvalue weighted by Gasteiger charge is 2.06. The maximum atomic E-state index is 4.43. The van der Waals surface area contributed by atoms with E-state index in [2.05, 4.69) is 49.7 Å². The van der Waals surface area contributed by atoms with Crippen molar-refractivity contribution in [3.63, 3.8) is 0 Å². The summed E-state index contributed by atoms with van der Waals surface area (Å²) in [7, 11) is 0. The zero-order valence-electron chi connectivity index (χ0n) is 10.4. The van der Waals surface area contributed by atoms with Gasteiger partial charge in [-0.25, -0.2) is 4.52 Å². The molecule has 3 rings (SSSR count). The van der Waals surface area contributed by atoms with E-state index >= 15 is 0 Å². The molecule has 6 heteroatoms. The van der Waals surface area contributed by atoms with Crippen LogP contribution in [0.4, 0.5) is 5.95 Å². The lowest BCUT2D eigenvalue weighted by atomic mass is 10.2. The summed E-state index contributed by atoms with van der Waals surface area (Å²) in [4.78, 5) is 5.78. The van der Waals surface area contributed by atoms with Crippen LogP contribution in [0.2, 0.25) is 0 Å². The number of anilines is 1. The van der Waals surface area contributed by atoms with Crippen molar-refractivity contribution in [2.24, 2.45) is 0 Å². The van der Waals surface area contributed by atoms with Crippen LogP contribution in [0.3, 0.4) is 0 Å². The van der Waals surface area contributed by atoms with Crippen LogP contribution in [-0.2, 0) is 13.0 Å². The van der Waals surface area contributed by atoms with Gasteiger partial charge in [0.1, 0.15) is 0 Å². The Balaban J connectivity index is 1.78. The molecule has 0 saturated carbocycles. The number of aryl methyl sites for hydroxylation is 1. The number of hydrogen-bond donors (Lipinski definition) is 1. The van der Waals surface area contributed by atoms with Crippen molar-refractivity contribution >= 4 is 38.9 Å². The number of aromatic nitrogens is 3. The Bertz CT molecular complexity index is 704. The molecule has 4 nitrogen and oxygen atoms in total. The normalized spacial score (nSPS) is 11.1. The molecule has 0 aromatic carbocycles. The summed E-state index contributed by atoms with van der Waals surface area (Å²) in [6.07, 6.45) is 2.96. The molecule has 0 radical (unpaired) electrons. The van der Waals surface area contributed by atoms with Crippen LogP contribution in [0.25, 0.3) is 5.65 Å². The molecule has 0 amide bonds. The zero-order chi connectivity index (χ0) is 13.2. The van der Waals surface area contributed by atoms with Crippen LogP contribution in [0, 0.1) is 0 Å². The van der Waals surface area contributed by atoms with E-state index in [1.54, 1.807) is 15.9 Å². The van der Waals surface area contributed by atoms with Crippen molar-refractivity contribution in [2.45, 2.75) is 19.9 Å². The Hall–Kier alpha value is -1.40. The largest absolute Gasteiger partial charge is 0.348 e. The number of rotatable bonds is 4. The van der Waals surface area contributed by atoms with Gasteiger partial charge in [-0.15, -0.1) is 16.4 Å². The lowest BCUT2D eigenvalue weighted by Crippen LogP contribution is -2.01. The lowest BCUT2D eigenvalue weighted by Gasteiger charge is -2.01. The molecule has 0 aliphatic heterocycles. The number of nitrogens with zero attached hydrogens (tertiary/aromatic N) is 3. The summed E-state index contributed by atoms with van der Waals surface area (Å²) in [6, 6.07) is 6.07. The molecule has 0 spiro atoms. The highest BCUT2D eigenvalue weighted by atomic mass is 79.9. The van der Waals surface area contributed by atoms with Gasteiger partial charge in [0.25, 0.3) is 0 Å². The van der Waals surface area contributed by atoms with Gasteiger partial charge in [-0.1, -0.05) is 6.92 Å². The van der Waals surface area contributed by atoms with Crippen molar-refractivity contribution in [2.75, 3.05) is 5.32 Å². The Morgan fingerprint density at radius 3 is 3.11 bits per heavy atom. The minimum Gasteiger partial charge on any atom is -0.348 e. The first kappa shape index (κ1) is 12.6. The Labute approximate surface area is 123 Å². The van der Waals surface area contributed by atoms with Gasteiger partial charge in [-0.05, 0) is 51.5 Å². The van der Waals surface area contributed by atoms with E-state index in [1.165, 1.54) is 10.4 Å². The fraction of sp³-hybridized carbons (Fsp3) is 0.231. The van der Waals surface area contributed by atoms with E-state index in [4.69, 9.17) is 0 Å². The van der Waals surface area contributed by atoms with Crippen LogP contribution in [0.1, 0.15) is 17.4 Å². The molecule has 0 aliphatic rings. The number of fused-ring (bicyclic) bond motifs is 1. The van der Waals surface area contributed by atoms with E-state index in [0.717, 1.165) is 23.1 Å². The Kier molecular flexibility index (Phi) is 3.52. The molecular weight excluding hydrogens is 324 g/mol. The average Bonchev–Trinajstić information content (AvgIpc) is 3.01. The van der Waals surface area contributed by atoms with Crippen molar-refractivity contribution in [1.82, 2.24) is 14.6 Å². The third-order valence-electron chi connectivity index (χ3n) is 2.92. The summed E-state index contributed by atoms with van der Waals surface area (Å²) < 4.78 is 2.75. The molecule has 0 unspecified atom stereocenters. The first-order chi connectivity index (χ1) is 9.26. The van der Waals surface area contributed by atoms with Gasteiger partial charge in [-0.3, -0.25) is 0 Å². The van der Waals surface area contributed by atoms with E-state index in [1.807, 2.05) is 18.3 Å². The lowest BCUT2D eigenvalue weighted by molar-refractivity contribution is 0.946. The molecule has 19 heavy (non-hydrogen) atoms. The number of hydrogen-bond acceptors (Lipinski definition) is 4. The van der Waals surface area contributed by atoms with Crippen molar-refractivity contribution in [3.8, 4) is 0 Å². The first-order valence-electron chi connectivity index (χ1n) is 6.07. The van der Waals surface area contributed by atoms with Crippen molar-refractivity contribution < 1.29 is 0 Å². The van der Waals surface area contributed by atoms with Crippen LogP contribution < -0.4 is 5.32 Å². The zero-order valence-corrected chi connectivity index (χ0v) is 12.8. The topological polar surface area (TPSA) is 42.2 Å². The van der Waals surface area contributed by atoms with Crippen LogP contribution in [-0.4, -0.2) is 14.6 Å². The fourth-order valence-corrected chi connectivity index (χ4v) is 3.17. The highest BCUT2D eigenvalue weighted by molar-refractivity contribution is 9.10. The summed E-state index contributed by atoms with van der Waals surface area (Å²) in [6.45, 7) is 2.95. The predicted octanol–water partition coefficient (Wildman–Crippen LogP) is 3.73. The molecule has 0 saturated heterocycles. The minimum absolute atomic E-state index is 0.661. The maximum Gasteiger partial charge on any atom is 0.243 e. The molecular formula is C13H13BrN4S. The number of pyridine rings is 1.